The monoisotopic (exact) mass is 527 g/mol. The van der Waals surface area contributed by atoms with Gasteiger partial charge in [0, 0.05) is 30.2 Å². The van der Waals surface area contributed by atoms with Crippen LogP contribution in [0.1, 0.15) is 84.8 Å². The van der Waals surface area contributed by atoms with E-state index in [4.69, 9.17) is 9.73 Å². The van der Waals surface area contributed by atoms with Gasteiger partial charge in [0.15, 0.2) is 0 Å². The van der Waals surface area contributed by atoms with Gasteiger partial charge in [0.2, 0.25) is 5.92 Å². The average molecular weight is 528 g/mol. The average Bonchev–Trinajstić information content (AvgIpc) is 2.86. The van der Waals surface area contributed by atoms with Crippen molar-refractivity contribution in [1.82, 2.24) is 0 Å². The fourth-order valence-electron chi connectivity index (χ4n) is 4.25. The van der Waals surface area contributed by atoms with Gasteiger partial charge in [0.1, 0.15) is 5.76 Å². The van der Waals surface area contributed by atoms with Crippen molar-refractivity contribution < 1.29 is 18.6 Å². The molecule has 0 amide bonds. The zero-order chi connectivity index (χ0) is 28.9. The highest BCUT2D eigenvalue weighted by molar-refractivity contribution is 5.91. The number of benzene rings is 1. The van der Waals surface area contributed by atoms with Gasteiger partial charge in [0.25, 0.3) is 0 Å². The van der Waals surface area contributed by atoms with Crippen LogP contribution in [-0.4, -0.2) is 24.4 Å². The van der Waals surface area contributed by atoms with E-state index in [-0.39, 0.29) is 19.4 Å². The number of alkyl halides is 2. The number of aliphatic hydroxyl groups excluding tert-OH is 1. The van der Waals surface area contributed by atoms with Crippen molar-refractivity contribution in [2.75, 3.05) is 7.11 Å². The smallest absolute Gasteiger partial charge is 0.248 e. The van der Waals surface area contributed by atoms with Crippen LogP contribution in [0.15, 0.2) is 82.6 Å². The summed E-state index contributed by atoms with van der Waals surface area (Å²) in [5, 5.41) is 9.28. The van der Waals surface area contributed by atoms with Gasteiger partial charge >= 0.3 is 0 Å². The quantitative estimate of drug-likeness (QED) is 0.187. The molecule has 0 heterocycles. The number of aliphatic imine (C=N–C) groups is 1. The van der Waals surface area contributed by atoms with Gasteiger partial charge in [-0.05, 0) is 62.1 Å². The van der Waals surface area contributed by atoms with Gasteiger partial charge in [-0.15, -0.1) is 0 Å². The molecule has 5 heteroatoms. The maximum absolute atomic E-state index is 12.5. The molecule has 0 bridgehead atoms. The molecule has 0 spiro atoms. The molecule has 0 atom stereocenters. The number of methoxy groups -OCH3 is 1. The Kier molecular flexibility index (Phi) is 14.2. The third kappa shape index (κ3) is 11.7. The first-order chi connectivity index (χ1) is 17.8. The molecule has 0 aromatic heterocycles. The highest BCUT2D eigenvalue weighted by atomic mass is 19.3. The molecule has 1 aromatic carbocycles. The standard InChI is InChI=1S/C25H33NO2.C8H14F2/c1-17(2)13-23(25(19(5)6)20(7)28-8)15-26-24(14-18(3)4)22-11-9-21(16-27)10-12-22;1-2-7-3-5-8(9,10)6-4-7/h9-15,18,27H,1,5,16H2,2-4,6-8H3;7H,2-6H2,1H3/b23-13+,24-14-,25-20+,26-15-;. The lowest BCUT2D eigenvalue weighted by Crippen LogP contribution is -2.24. The molecule has 0 unspecified atom stereocenters. The maximum Gasteiger partial charge on any atom is 0.248 e. The van der Waals surface area contributed by atoms with Crippen LogP contribution in [0.25, 0.3) is 5.70 Å². The first-order valence-corrected chi connectivity index (χ1v) is 13.5. The SMILES string of the molecule is C=C(C)/C=C(\C=N/C(=C\C(C)C)c1ccc(CO)cc1)C(/C(=C)C)=C(\C)OC.CCC1CCC(F)(F)CC1. The van der Waals surface area contributed by atoms with E-state index >= 15 is 0 Å². The van der Waals surface area contributed by atoms with Crippen molar-refractivity contribution in [3.63, 3.8) is 0 Å². The Hall–Kier alpha value is -2.79. The maximum atomic E-state index is 12.5. The molecule has 1 aliphatic carbocycles. The zero-order valence-corrected chi connectivity index (χ0v) is 24.4. The second-order valence-electron chi connectivity index (χ2n) is 10.5. The summed E-state index contributed by atoms with van der Waals surface area (Å²) in [6.07, 6.45) is 8.70. The number of hydrogen-bond acceptors (Lipinski definition) is 3. The Labute approximate surface area is 229 Å². The van der Waals surface area contributed by atoms with Crippen molar-refractivity contribution in [2.45, 2.75) is 86.2 Å². The second-order valence-corrected chi connectivity index (χ2v) is 10.5. The molecule has 210 valence electrons. The van der Waals surface area contributed by atoms with Crippen molar-refractivity contribution in [3.8, 4) is 0 Å². The molecule has 38 heavy (non-hydrogen) atoms. The normalized spacial score (nSPS) is 17.1. The van der Waals surface area contributed by atoms with Crippen molar-refractivity contribution in [3.05, 3.63) is 88.8 Å². The Balaban J connectivity index is 0.000000600. The van der Waals surface area contributed by atoms with Crippen LogP contribution in [0.5, 0.6) is 0 Å². The molecule has 1 N–H and O–H groups in total. The number of rotatable bonds is 10. The fraction of sp³-hybridized carbons (Fsp3) is 0.485. The molecule has 2 rings (SSSR count). The molecule has 1 aliphatic rings. The Morgan fingerprint density at radius 2 is 1.71 bits per heavy atom. The third-order valence-corrected chi connectivity index (χ3v) is 6.46. The summed E-state index contributed by atoms with van der Waals surface area (Å²) in [5.74, 6) is -0.644. The molecule has 0 saturated heterocycles. The van der Waals surface area contributed by atoms with Gasteiger partial charge < -0.3 is 9.84 Å². The highest BCUT2D eigenvalue weighted by Crippen LogP contribution is 2.37. The van der Waals surface area contributed by atoms with E-state index in [0.717, 1.165) is 64.1 Å². The second kappa shape index (κ2) is 16.2. The number of ether oxygens (including phenoxy) is 1. The fourth-order valence-corrected chi connectivity index (χ4v) is 4.25. The molecule has 1 aromatic rings. The van der Waals surface area contributed by atoms with Gasteiger partial charge in [-0.2, -0.15) is 0 Å². The van der Waals surface area contributed by atoms with Crippen LogP contribution in [0.4, 0.5) is 8.78 Å². The van der Waals surface area contributed by atoms with Gasteiger partial charge in [0.05, 0.1) is 19.4 Å². The Morgan fingerprint density at radius 3 is 2.13 bits per heavy atom. The van der Waals surface area contributed by atoms with Crippen molar-refractivity contribution in [1.29, 1.82) is 0 Å². The minimum absolute atomic E-state index is 0.0291. The number of aliphatic hydroxyl groups is 1. The summed E-state index contributed by atoms with van der Waals surface area (Å²) in [5.41, 5.74) is 6.41. The van der Waals surface area contributed by atoms with E-state index in [9.17, 15) is 13.9 Å². The summed E-state index contributed by atoms with van der Waals surface area (Å²) < 4.78 is 30.5. The lowest BCUT2D eigenvalue weighted by Gasteiger charge is -2.27. The first-order valence-electron chi connectivity index (χ1n) is 13.5. The van der Waals surface area contributed by atoms with Gasteiger partial charge in [-0.3, -0.25) is 4.99 Å². The lowest BCUT2D eigenvalue weighted by molar-refractivity contribution is -0.0460. The third-order valence-electron chi connectivity index (χ3n) is 6.46. The van der Waals surface area contributed by atoms with Crippen LogP contribution in [-0.2, 0) is 11.3 Å². The predicted molar refractivity (Wildman–Crippen MR) is 158 cm³/mol. The topological polar surface area (TPSA) is 41.8 Å². The number of hydrogen-bond donors (Lipinski definition) is 1. The van der Waals surface area contributed by atoms with E-state index < -0.39 is 5.92 Å². The van der Waals surface area contributed by atoms with Gasteiger partial charge in [-0.1, -0.05) is 82.3 Å². The summed E-state index contributed by atoms with van der Waals surface area (Å²) in [6, 6.07) is 7.79. The summed E-state index contributed by atoms with van der Waals surface area (Å²) in [6.45, 7) is 20.3. The molecular formula is C33H47F2NO2. The summed E-state index contributed by atoms with van der Waals surface area (Å²) in [4.78, 5) is 4.80. The first kappa shape index (κ1) is 33.2. The van der Waals surface area contributed by atoms with Crippen LogP contribution in [0.2, 0.25) is 0 Å². The minimum atomic E-state index is -2.34. The number of allylic oxidation sites excluding steroid dienone is 7. The Bertz CT molecular complexity index is 1030. The molecule has 1 saturated carbocycles. The van der Waals surface area contributed by atoms with E-state index in [2.05, 4.69) is 40.0 Å². The van der Waals surface area contributed by atoms with E-state index in [1.165, 1.54) is 0 Å². The number of nitrogens with zero attached hydrogens (tertiary/aromatic N) is 1. The molecule has 3 nitrogen and oxygen atoms in total. The summed E-state index contributed by atoms with van der Waals surface area (Å²) >= 11 is 0. The zero-order valence-electron chi connectivity index (χ0n) is 24.4. The minimum Gasteiger partial charge on any atom is -0.501 e. The van der Waals surface area contributed by atoms with E-state index in [1.54, 1.807) is 7.11 Å². The van der Waals surface area contributed by atoms with Crippen LogP contribution in [0, 0.1) is 11.8 Å². The molecule has 0 aliphatic heterocycles. The van der Waals surface area contributed by atoms with Crippen molar-refractivity contribution >= 4 is 11.9 Å². The van der Waals surface area contributed by atoms with Gasteiger partial charge in [-0.25, -0.2) is 8.78 Å². The van der Waals surface area contributed by atoms with Crippen LogP contribution in [0.3, 0.4) is 0 Å². The van der Waals surface area contributed by atoms with E-state index in [0.29, 0.717) is 11.8 Å². The molecule has 0 radical (unpaired) electrons. The van der Waals surface area contributed by atoms with Crippen LogP contribution >= 0.6 is 0 Å². The highest BCUT2D eigenvalue weighted by Gasteiger charge is 2.33. The summed E-state index contributed by atoms with van der Waals surface area (Å²) in [7, 11) is 1.65. The molecular weight excluding hydrogens is 480 g/mol. The largest absolute Gasteiger partial charge is 0.501 e. The van der Waals surface area contributed by atoms with E-state index in [1.807, 2.05) is 57.3 Å². The van der Waals surface area contributed by atoms with Crippen molar-refractivity contribution in [2.24, 2.45) is 16.8 Å². The van der Waals surface area contributed by atoms with Crippen LogP contribution < -0.4 is 0 Å². The molecule has 1 fully saturated rings. The predicted octanol–water partition coefficient (Wildman–Crippen LogP) is 9.47. The number of halogens is 2. The lowest BCUT2D eigenvalue weighted by atomic mass is 9.85. The Morgan fingerprint density at radius 1 is 1.13 bits per heavy atom.